The molecule has 0 aliphatic carbocycles. The van der Waals surface area contributed by atoms with Crippen molar-refractivity contribution in [2.24, 2.45) is 17.8 Å². The summed E-state index contributed by atoms with van der Waals surface area (Å²) in [7, 11) is 1.41. The van der Waals surface area contributed by atoms with Gasteiger partial charge >= 0.3 is 12.1 Å². The van der Waals surface area contributed by atoms with Crippen LogP contribution < -0.4 is 5.32 Å². The summed E-state index contributed by atoms with van der Waals surface area (Å²) in [5, 5.41) is 14.6. The second-order valence-corrected chi connectivity index (χ2v) is 17.2. The number of cyclic esters (lactones) is 1. The molecule has 3 aliphatic heterocycles. The maximum absolute atomic E-state index is 16.9. The van der Waals surface area contributed by atoms with Crippen molar-refractivity contribution >= 4 is 34.7 Å². The van der Waals surface area contributed by atoms with E-state index in [9.17, 15) is 24.3 Å². The third-order valence-corrected chi connectivity index (χ3v) is 12.9. The topological polar surface area (TPSA) is 168 Å². The molecule has 3 fully saturated rings. The minimum atomic E-state index is -3.17. The molecular formula is C43H65FN4O10. The van der Waals surface area contributed by atoms with Gasteiger partial charge in [0.2, 0.25) is 0 Å². The highest BCUT2D eigenvalue weighted by molar-refractivity contribution is 6.08. The molecule has 1 aromatic heterocycles. The SMILES string of the molecule is CCN[C@H]1C[C@@H](C)O[C@@H](O[C@@H]2[C@@H](C)C(=O)[C@](C)(F)C(=O)O[C@H](CC)[C@@]3(C)OC(=O)N(CCCCn4c(C)nc5ccccc54)C3[C@@H](C)C(=O)[C@H](C)C[C@@]2(C)OC)[C@H]1O. The number of hydrogen-bond acceptors (Lipinski definition) is 12. The van der Waals surface area contributed by atoms with Gasteiger partial charge in [0.15, 0.2) is 17.7 Å². The Morgan fingerprint density at radius 2 is 1.69 bits per heavy atom. The average molecular weight is 817 g/mol. The second kappa shape index (κ2) is 18.0. The van der Waals surface area contributed by atoms with Crippen molar-refractivity contribution in [3.63, 3.8) is 0 Å². The van der Waals surface area contributed by atoms with E-state index in [1.165, 1.54) is 18.9 Å². The van der Waals surface area contributed by atoms with Gasteiger partial charge in [0.1, 0.15) is 23.8 Å². The molecule has 1 unspecified atom stereocenters. The number of nitrogens with zero attached hydrogens (tertiary/aromatic N) is 3. The Kier molecular flexibility index (Phi) is 14.1. The van der Waals surface area contributed by atoms with Crippen LogP contribution in [0.5, 0.6) is 0 Å². The van der Waals surface area contributed by atoms with Crippen LogP contribution in [0, 0.1) is 24.7 Å². The largest absolute Gasteiger partial charge is 0.455 e. The summed E-state index contributed by atoms with van der Waals surface area (Å²) >= 11 is 0. The number of rotatable bonds is 11. The molecule has 13 atom stereocenters. The first-order valence-corrected chi connectivity index (χ1v) is 20.9. The number of nitrogens with one attached hydrogen (secondary N) is 1. The summed E-state index contributed by atoms with van der Waals surface area (Å²) in [5.74, 6) is -4.87. The van der Waals surface area contributed by atoms with Crippen molar-refractivity contribution in [1.82, 2.24) is 19.8 Å². The monoisotopic (exact) mass is 816 g/mol. The van der Waals surface area contributed by atoms with Gasteiger partial charge in [-0.2, -0.15) is 0 Å². The van der Waals surface area contributed by atoms with Gasteiger partial charge < -0.3 is 43.6 Å². The van der Waals surface area contributed by atoms with Gasteiger partial charge in [-0.3, -0.25) is 9.59 Å². The van der Waals surface area contributed by atoms with E-state index in [4.69, 9.17) is 23.7 Å². The predicted molar refractivity (Wildman–Crippen MR) is 214 cm³/mol. The highest BCUT2D eigenvalue weighted by Gasteiger charge is 2.61. The highest BCUT2D eigenvalue weighted by atomic mass is 19.1. The van der Waals surface area contributed by atoms with Gasteiger partial charge in [-0.05, 0) is 85.4 Å². The summed E-state index contributed by atoms with van der Waals surface area (Å²) in [6.07, 6.45) is -4.11. The van der Waals surface area contributed by atoms with Crippen LogP contribution in [-0.2, 0) is 44.6 Å². The molecule has 0 radical (unpaired) electrons. The van der Waals surface area contributed by atoms with E-state index in [-0.39, 0.29) is 31.3 Å². The van der Waals surface area contributed by atoms with Crippen molar-refractivity contribution in [2.75, 3.05) is 20.2 Å². The number of esters is 1. The Balaban J connectivity index is 1.49. The molecule has 0 spiro atoms. The maximum atomic E-state index is 16.9. The fourth-order valence-corrected chi connectivity index (χ4v) is 9.72. The third kappa shape index (κ3) is 8.70. The van der Waals surface area contributed by atoms with Crippen molar-refractivity contribution in [2.45, 2.75) is 168 Å². The maximum Gasteiger partial charge on any atom is 0.410 e. The Morgan fingerprint density at radius 3 is 2.34 bits per heavy atom. The number of unbranched alkanes of at least 4 members (excludes halogenated alkanes) is 1. The number of aryl methyl sites for hydroxylation is 2. The minimum absolute atomic E-state index is 0.00503. The fourth-order valence-electron chi connectivity index (χ4n) is 9.72. The van der Waals surface area contributed by atoms with E-state index in [0.29, 0.717) is 32.4 Å². The van der Waals surface area contributed by atoms with Gasteiger partial charge in [0.05, 0.1) is 34.9 Å². The van der Waals surface area contributed by atoms with Crippen LogP contribution in [0.15, 0.2) is 24.3 Å². The summed E-state index contributed by atoms with van der Waals surface area (Å²) in [6.45, 7) is 17.9. The number of aromatic nitrogens is 2. The van der Waals surface area contributed by atoms with E-state index in [1.807, 2.05) is 45.0 Å². The Hall–Kier alpha value is -3.50. The number of halogens is 1. The molecule has 14 nitrogen and oxygen atoms in total. The Labute approximate surface area is 341 Å². The summed E-state index contributed by atoms with van der Waals surface area (Å²) in [6, 6.07) is 6.58. The number of carbonyl (C=O) groups is 4. The number of likely N-dealkylation sites (N-methyl/N-ethyl adjacent to an activating group) is 1. The number of alkyl halides is 1. The van der Waals surface area contributed by atoms with Crippen LogP contribution in [0.25, 0.3) is 11.0 Å². The number of aliphatic hydroxyl groups is 1. The number of ether oxygens (including phenoxy) is 5. The molecule has 1 amide bonds. The molecule has 5 rings (SSSR count). The normalized spacial score (nSPS) is 38.1. The van der Waals surface area contributed by atoms with E-state index in [0.717, 1.165) is 23.8 Å². The van der Waals surface area contributed by atoms with Gasteiger partial charge in [-0.15, -0.1) is 0 Å². The van der Waals surface area contributed by atoms with Crippen molar-refractivity contribution in [3.05, 3.63) is 30.1 Å². The molecule has 58 heavy (non-hydrogen) atoms. The quantitative estimate of drug-likeness (QED) is 0.167. The number of aliphatic hydroxyl groups excluding tert-OH is 1. The molecule has 2 aromatic rings. The lowest BCUT2D eigenvalue weighted by Gasteiger charge is -2.46. The summed E-state index contributed by atoms with van der Waals surface area (Å²) in [4.78, 5) is 62.9. The molecule has 3 aliphatic rings. The van der Waals surface area contributed by atoms with Crippen molar-refractivity contribution in [1.29, 1.82) is 0 Å². The zero-order valence-corrected chi connectivity index (χ0v) is 36.1. The van der Waals surface area contributed by atoms with Gasteiger partial charge in [-0.1, -0.05) is 46.8 Å². The van der Waals surface area contributed by atoms with Crippen LogP contribution in [0.2, 0.25) is 0 Å². The fraction of sp³-hybridized carbons (Fsp3) is 0.744. The number of Topliss-reactive ketones (excluding diaryl/α,β-unsaturated/α-hetero) is 2. The lowest BCUT2D eigenvalue weighted by molar-refractivity contribution is -0.290. The molecule has 15 heteroatoms. The van der Waals surface area contributed by atoms with Gasteiger partial charge in [-0.25, -0.2) is 19.0 Å². The number of imidazole rings is 1. The molecule has 0 saturated carbocycles. The minimum Gasteiger partial charge on any atom is -0.455 e. The molecule has 0 bridgehead atoms. The van der Waals surface area contributed by atoms with E-state index in [1.54, 1.807) is 34.6 Å². The van der Waals surface area contributed by atoms with E-state index < -0.39 is 89.2 Å². The highest BCUT2D eigenvalue weighted by Crippen LogP contribution is 2.43. The Morgan fingerprint density at radius 1 is 1.02 bits per heavy atom. The lowest BCUT2D eigenvalue weighted by atomic mass is 9.73. The number of carbonyl (C=O) groups excluding carboxylic acids is 4. The third-order valence-electron chi connectivity index (χ3n) is 12.9. The molecule has 2 N–H and O–H groups in total. The average Bonchev–Trinajstić information content (AvgIpc) is 3.64. The number of hydrogen-bond donors (Lipinski definition) is 2. The Bertz CT molecular complexity index is 1800. The van der Waals surface area contributed by atoms with Crippen LogP contribution in [0.3, 0.4) is 0 Å². The van der Waals surface area contributed by atoms with E-state index in [2.05, 4.69) is 14.9 Å². The molecular weight excluding hydrogens is 751 g/mol. The molecule has 324 valence electrons. The number of methoxy groups -OCH3 is 1. The smallest absolute Gasteiger partial charge is 0.410 e. The lowest BCUT2D eigenvalue weighted by Crippen LogP contribution is -2.62. The van der Waals surface area contributed by atoms with Crippen molar-refractivity contribution < 1.29 is 52.4 Å². The zero-order valence-electron chi connectivity index (χ0n) is 36.1. The van der Waals surface area contributed by atoms with Crippen LogP contribution in [0.4, 0.5) is 9.18 Å². The second-order valence-electron chi connectivity index (χ2n) is 17.2. The number of fused-ring (bicyclic) bond motifs is 2. The van der Waals surface area contributed by atoms with Gasteiger partial charge in [0, 0.05) is 44.0 Å². The molecule has 3 saturated heterocycles. The standard InChI is InChI=1S/C43H65FN4O10/c1-12-32-43(10)35(48(40(53)58-43)21-17-16-20-47-28(7)46-29-18-14-15-19-31(29)47)26(5)33(49)24(3)23-41(8,54-11)37(27(6)36(51)42(9,44)39(52)56-32)57-38-34(50)30(45-13-2)22-25(4)55-38/h14-15,18-19,24-27,30,32,34-35,37-38,45,50H,12-13,16-17,20-23H2,1-11H3/t24-,25-,26+,27+,30+,32-,34+,35?,37-,38+,41-,42+,43-/m1/s1. The number of amides is 1. The number of benzene rings is 1. The molecule has 1 aromatic carbocycles. The molecule has 4 heterocycles. The summed E-state index contributed by atoms with van der Waals surface area (Å²) < 4.78 is 49.6. The van der Waals surface area contributed by atoms with Crippen LogP contribution in [-0.4, -0.2) is 123 Å². The predicted octanol–water partition coefficient (Wildman–Crippen LogP) is 5.47. The number of ketones is 2. The number of para-hydroxylation sites is 2. The zero-order chi connectivity index (χ0) is 42.9. The first-order valence-electron chi connectivity index (χ1n) is 20.9. The van der Waals surface area contributed by atoms with E-state index >= 15 is 4.39 Å². The van der Waals surface area contributed by atoms with Crippen molar-refractivity contribution in [3.8, 4) is 0 Å². The first-order chi connectivity index (χ1) is 27.2. The van der Waals surface area contributed by atoms with Gasteiger partial charge in [0.25, 0.3) is 5.67 Å². The van der Waals surface area contributed by atoms with Crippen LogP contribution >= 0.6 is 0 Å². The van der Waals surface area contributed by atoms with Crippen LogP contribution in [0.1, 0.15) is 100 Å². The first kappa shape index (κ1) is 45.6. The summed E-state index contributed by atoms with van der Waals surface area (Å²) in [5.41, 5.74) is -4.28.